The van der Waals surface area contributed by atoms with Gasteiger partial charge in [0.05, 0.1) is 13.7 Å². The summed E-state index contributed by atoms with van der Waals surface area (Å²) in [7, 11) is 1.73. The van der Waals surface area contributed by atoms with Crippen molar-refractivity contribution < 1.29 is 14.3 Å². The lowest BCUT2D eigenvalue weighted by Gasteiger charge is -2.19. The van der Waals surface area contributed by atoms with Crippen LogP contribution in [0.4, 0.5) is 0 Å². The van der Waals surface area contributed by atoms with Crippen LogP contribution in [0.25, 0.3) is 0 Å². The van der Waals surface area contributed by atoms with Crippen LogP contribution in [-0.2, 0) is 22.4 Å². The number of nitrogens with zero attached hydrogens (tertiary/aromatic N) is 1. The van der Waals surface area contributed by atoms with E-state index in [2.05, 4.69) is 17.0 Å². The molecule has 1 aromatic carbocycles. The highest BCUT2D eigenvalue weighted by atomic mass is 16.5. The molecule has 21 heavy (non-hydrogen) atoms. The fraction of sp³-hybridized carbons (Fsp3) is 0.588. The minimum atomic E-state index is -0.0859. The van der Waals surface area contributed by atoms with Crippen LogP contribution >= 0.6 is 0 Å². The number of ether oxygens (including phenoxy) is 2. The summed E-state index contributed by atoms with van der Waals surface area (Å²) in [6, 6.07) is 6.29. The van der Waals surface area contributed by atoms with Crippen LogP contribution in [0.1, 0.15) is 30.9 Å². The molecule has 0 aliphatic carbocycles. The average molecular weight is 291 g/mol. The number of hydrogen-bond donors (Lipinski definition) is 0. The van der Waals surface area contributed by atoms with E-state index in [1.54, 1.807) is 7.11 Å². The Bertz CT molecular complexity index is 473. The minimum Gasteiger partial charge on any atom is -0.496 e. The lowest BCUT2D eigenvalue weighted by Crippen LogP contribution is -2.28. The number of methoxy groups -OCH3 is 1. The van der Waals surface area contributed by atoms with Crippen LogP contribution in [-0.4, -0.2) is 44.2 Å². The molecule has 116 valence electrons. The first-order valence-electron chi connectivity index (χ1n) is 7.77. The Morgan fingerprint density at radius 2 is 2.10 bits per heavy atom. The third kappa shape index (κ3) is 4.46. The van der Waals surface area contributed by atoms with Crippen molar-refractivity contribution in [3.05, 3.63) is 29.3 Å². The van der Waals surface area contributed by atoms with Crippen LogP contribution in [0, 0.1) is 0 Å². The van der Waals surface area contributed by atoms with Gasteiger partial charge in [-0.3, -0.25) is 4.79 Å². The molecule has 0 N–H and O–H groups in total. The summed E-state index contributed by atoms with van der Waals surface area (Å²) in [6.45, 7) is 5.34. The van der Waals surface area contributed by atoms with Crippen LogP contribution in [0.15, 0.2) is 18.2 Å². The molecule has 0 saturated carbocycles. The number of hydrogen-bond acceptors (Lipinski definition) is 4. The molecule has 0 amide bonds. The van der Waals surface area contributed by atoms with Gasteiger partial charge < -0.3 is 14.4 Å². The molecule has 0 bridgehead atoms. The zero-order valence-corrected chi connectivity index (χ0v) is 13.1. The molecule has 2 rings (SSSR count). The number of esters is 1. The highest BCUT2D eigenvalue weighted by Crippen LogP contribution is 2.25. The van der Waals surface area contributed by atoms with Gasteiger partial charge in [-0.15, -0.1) is 0 Å². The van der Waals surface area contributed by atoms with E-state index in [-0.39, 0.29) is 5.97 Å². The molecule has 0 aromatic heterocycles. The Hall–Kier alpha value is -1.55. The third-order valence-electron chi connectivity index (χ3n) is 3.99. The Kier molecular flexibility index (Phi) is 6.05. The molecule has 1 aliphatic heterocycles. The maximum atomic E-state index is 11.4. The summed E-state index contributed by atoms with van der Waals surface area (Å²) in [5.74, 6) is 0.915. The quantitative estimate of drug-likeness (QED) is 0.755. The molecule has 0 atom stereocenters. The molecular weight excluding hydrogens is 266 g/mol. The van der Waals surface area contributed by atoms with Gasteiger partial charge in [0.1, 0.15) is 5.75 Å². The third-order valence-corrected chi connectivity index (χ3v) is 3.99. The Morgan fingerprint density at radius 3 is 2.86 bits per heavy atom. The summed E-state index contributed by atoms with van der Waals surface area (Å²) in [5.41, 5.74) is 2.73. The van der Waals surface area contributed by atoms with Crippen molar-refractivity contribution in [3.8, 4) is 5.75 Å². The number of carbonyl (C=O) groups is 1. The fourth-order valence-electron chi connectivity index (χ4n) is 2.88. The first-order valence-corrected chi connectivity index (χ1v) is 7.77. The molecule has 0 spiro atoms. The second-order valence-electron chi connectivity index (χ2n) is 5.35. The van der Waals surface area contributed by atoms with Crippen molar-refractivity contribution in [2.75, 3.05) is 33.4 Å². The molecule has 0 unspecified atom stereocenters. The smallest absolute Gasteiger partial charge is 0.305 e. The van der Waals surface area contributed by atoms with Crippen molar-refractivity contribution in [2.24, 2.45) is 0 Å². The van der Waals surface area contributed by atoms with E-state index in [1.807, 2.05) is 13.0 Å². The average Bonchev–Trinajstić information content (AvgIpc) is 2.70. The molecular formula is C17H25NO3. The van der Waals surface area contributed by atoms with Gasteiger partial charge in [0.15, 0.2) is 0 Å². The molecule has 1 heterocycles. The maximum Gasteiger partial charge on any atom is 0.305 e. The van der Waals surface area contributed by atoms with E-state index in [4.69, 9.17) is 9.47 Å². The maximum absolute atomic E-state index is 11.4. The van der Waals surface area contributed by atoms with E-state index in [9.17, 15) is 4.79 Å². The van der Waals surface area contributed by atoms with E-state index in [0.717, 1.165) is 44.6 Å². The normalized spacial score (nSPS) is 15.1. The standard InChI is InChI=1S/C17H25NO3/c1-3-21-17(19)8-5-11-18-12-9-14-6-4-7-16(20-2)15(14)10-13-18/h4,6-7H,3,5,8-13H2,1-2H3. The second kappa shape index (κ2) is 8.03. The van der Waals surface area contributed by atoms with Crippen molar-refractivity contribution in [2.45, 2.75) is 32.6 Å². The van der Waals surface area contributed by atoms with Gasteiger partial charge in [-0.05, 0) is 49.9 Å². The number of fused-ring (bicyclic) bond motifs is 1. The van der Waals surface area contributed by atoms with E-state index in [0.29, 0.717) is 13.0 Å². The monoisotopic (exact) mass is 291 g/mol. The van der Waals surface area contributed by atoms with Crippen molar-refractivity contribution >= 4 is 5.97 Å². The molecule has 0 fully saturated rings. The highest BCUT2D eigenvalue weighted by molar-refractivity contribution is 5.69. The van der Waals surface area contributed by atoms with Crippen molar-refractivity contribution in [3.63, 3.8) is 0 Å². The van der Waals surface area contributed by atoms with Crippen LogP contribution < -0.4 is 4.74 Å². The molecule has 1 aliphatic rings. The topological polar surface area (TPSA) is 38.8 Å². The van der Waals surface area contributed by atoms with E-state index in [1.165, 1.54) is 11.1 Å². The highest BCUT2D eigenvalue weighted by Gasteiger charge is 2.16. The summed E-state index contributed by atoms with van der Waals surface area (Å²) >= 11 is 0. The molecule has 0 radical (unpaired) electrons. The Labute approximate surface area is 127 Å². The van der Waals surface area contributed by atoms with Gasteiger partial charge in [-0.2, -0.15) is 0 Å². The van der Waals surface area contributed by atoms with Gasteiger partial charge in [0.2, 0.25) is 0 Å². The molecule has 1 aromatic rings. The predicted molar refractivity (Wildman–Crippen MR) is 82.7 cm³/mol. The largest absolute Gasteiger partial charge is 0.496 e. The molecule has 0 saturated heterocycles. The summed E-state index contributed by atoms with van der Waals surface area (Å²) in [4.78, 5) is 13.8. The van der Waals surface area contributed by atoms with E-state index >= 15 is 0 Å². The lowest BCUT2D eigenvalue weighted by atomic mass is 10.0. The van der Waals surface area contributed by atoms with Crippen molar-refractivity contribution in [1.29, 1.82) is 0 Å². The number of carbonyl (C=O) groups excluding carboxylic acids is 1. The molecule has 4 heteroatoms. The lowest BCUT2D eigenvalue weighted by molar-refractivity contribution is -0.143. The zero-order chi connectivity index (χ0) is 15.1. The van der Waals surface area contributed by atoms with Gasteiger partial charge >= 0.3 is 5.97 Å². The SMILES string of the molecule is CCOC(=O)CCCN1CCc2cccc(OC)c2CC1. The Balaban J connectivity index is 1.84. The summed E-state index contributed by atoms with van der Waals surface area (Å²) in [6.07, 6.45) is 3.44. The summed E-state index contributed by atoms with van der Waals surface area (Å²) < 4.78 is 10.4. The number of rotatable bonds is 6. The first-order chi connectivity index (χ1) is 10.2. The second-order valence-corrected chi connectivity index (χ2v) is 5.35. The van der Waals surface area contributed by atoms with Crippen LogP contribution in [0.2, 0.25) is 0 Å². The molecule has 4 nitrogen and oxygen atoms in total. The van der Waals surface area contributed by atoms with Gasteiger partial charge in [-0.25, -0.2) is 0 Å². The van der Waals surface area contributed by atoms with Gasteiger partial charge in [0.25, 0.3) is 0 Å². The first kappa shape index (κ1) is 15.8. The van der Waals surface area contributed by atoms with Crippen LogP contribution in [0.3, 0.4) is 0 Å². The number of benzene rings is 1. The van der Waals surface area contributed by atoms with Gasteiger partial charge in [-0.1, -0.05) is 12.1 Å². The van der Waals surface area contributed by atoms with Gasteiger partial charge in [0, 0.05) is 19.5 Å². The predicted octanol–water partition coefficient (Wildman–Crippen LogP) is 2.44. The van der Waals surface area contributed by atoms with E-state index < -0.39 is 0 Å². The fourth-order valence-corrected chi connectivity index (χ4v) is 2.88. The minimum absolute atomic E-state index is 0.0859. The van der Waals surface area contributed by atoms with Crippen LogP contribution in [0.5, 0.6) is 5.75 Å². The van der Waals surface area contributed by atoms with Crippen molar-refractivity contribution in [1.82, 2.24) is 4.90 Å². The summed E-state index contributed by atoms with van der Waals surface area (Å²) in [5, 5.41) is 0. The zero-order valence-electron chi connectivity index (χ0n) is 13.1. The Morgan fingerprint density at radius 1 is 1.29 bits per heavy atom.